The Labute approximate surface area is 128 Å². The van der Waals surface area contributed by atoms with Crippen LogP contribution in [-0.2, 0) is 15.0 Å². The van der Waals surface area contributed by atoms with E-state index in [4.69, 9.17) is 0 Å². The molecule has 2 N–H and O–H groups in total. The highest BCUT2D eigenvalue weighted by Gasteiger charge is 2.48. The van der Waals surface area contributed by atoms with Crippen molar-refractivity contribution in [3.63, 3.8) is 0 Å². The molecule has 0 saturated carbocycles. The van der Waals surface area contributed by atoms with Crippen LogP contribution in [0.2, 0.25) is 0 Å². The Balaban J connectivity index is 2.72. The van der Waals surface area contributed by atoms with Gasteiger partial charge in [0.25, 0.3) is 0 Å². The molecular formula is C15H12BrFO4. The van der Waals surface area contributed by atoms with Crippen molar-refractivity contribution in [2.75, 3.05) is 0 Å². The van der Waals surface area contributed by atoms with Gasteiger partial charge in [-0.25, -0.2) is 9.18 Å². The van der Waals surface area contributed by atoms with Crippen LogP contribution in [0.1, 0.15) is 12.5 Å². The van der Waals surface area contributed by atoms with E-state index in [0.717, 1.165) is 6.07 Å². The van der Waals surface area contributed by atoms with Gasteiger partial charge in [0.05, 0.1) is 0 Å². The van der Waals surface area contributed by atoms with Crippen LogP contribution in [0.25, 0.3) is 0 Å². The minimum Gasteiger partial charge on any atom is -0.480 e. The number of rotatable bonds is 3. The summed E-state index contributed by atoms with van der Waals surface area (Å²) in [5.74, 6) is -4.12. The molecule has 6 heteroatoms. The summed E-state index contributed by atoms with van der Waals surface area (Å²) in [5.41, 5.74) is -1.89. The molecule has 4 nitrogen and oxygen atoms in total. The summed E-state index contributed by atoms with van der Waals surface area (Å²) >= 11 is 3.19. The van der Waals surface area contributed by atoms with Crippen molar-refractivity contribution in [3.05, 3.63) is 57.9 Å². The molecule has 2 atom stereocenters. The van der Waals surface area contributed by atoms with E-state index in [1.165, 1.54) is 37.3 Å². The van der Waals surface area contributed by atoms with Gasteiger partial charge in [0, 0.05) is 21.5 Å². The van der Waals surface area contributed by atoms with Gasteiger partial charge in [0.1, 0.15) is 11.2 Å². The van der Waals surface area contributed by atoms with Crippen molar-refractivity contribution >= 4 is 27.9 Å². The lowest BCUT2D eigenvalue weighted by molar-refractivity contribution is -0.143. The lowest BCUT2D eigenvalue weighted by Gasteiger charge is -2.35. The molecule has 0 spiro atoms. The average molecular weight is 355 g/mol. The average Bonchev–Trinajstić information content (AvgIpc) is 2.41. The van der Waals surface area contributed by atoms with Crippen LogP contribution >= 0.6 is 15.9 Å². The van der Waals surface area contributed by atoms with Gasteiger partial charge < -0.3 is 10.2 Å². The van der Waals surface area contributed by atoms with Crippen molar-refractivity contribution in [2.24, 2.45) is 5.92 Å². The SMILES string of the molecule is CC1C(C(=O)O)=CC=CC1(C(=O)O)c1cc(Br)ccc1F. The normalized spacial score (nSPS) is 24.5. The number of hydrogen-bond acceptors (Lipinski definition) is 2. The Morgan fingerprint density at radius 1 is 1.33 bits per heavy atom. The number of aliphatic carboxylic acids is 2. The smallest absolute Gasteiger partial charge is 0.331 e. The highest BCUT2D eigenvalue weighted by Crippen LogP contribution is 2.42. The van der Waals surface area contributed by atoms with E-state index in [0.29, 0.717) is 4.47 Å². The number of hydrogen-bond donors (Lipinski definition) is 2. The molecule has 21 heavy (non-hydrogen) atoms. The van der Waals surface area contributed by atoms with Crippen LogP contribution < -0.4 is 0 Å². The van der Waals surface area contributed by atoms with Gasteiger partial charge in [-0.2, -0.15) is 0 Å². The summed E-state index contributed by atoms with van der Waals surface area (Å²) in [6.45, 7) is 1.47. The molecule has 110 valence electrons. The van der Waals surface area contributed by atoms with Gasteiger partial charge in [-0.05, 0) is 18.2 Å². The number of carboxylic acids is 2. The lowest BCUT2D eigenvalue weighted by atomic mass is 9.65. The molecule has 2 rings (SSSR count). The Kier molecular flexibility index (Phi) is 4.00. The van der Waals surface area contributed by atoms with E-state index in [2.05, 4.69) is 15.9 Å². The van der Waals surface area contributed by atoms with Crippen molar-refractivity contribution in [1.29, 1.82) is 0 Å². The fourth-order valence-electron chi connectivity index (χ4n) is 2.60. The first-order chi connectivity index (χ1) is 9.80. The Morgan fingerprint density at radius 3 is 2.57 bits per heavy atom. The largest absolute Gasteiger partial charge is 0.480 e. The molecule has 1 aliphatic rings. The number of carbonyl (C=O) groups is 2. The molecule has 0 amide bonds. The van der Waals surface area contributed by atoms with Gasteiger partial charge in [-0.3, -0.25) is 4.79 Å². The lowest BCUT2D eigenvalue weighted by Crippen LogP contribution is -2.44. The highest BCUT2D eigenvalue weighted by molar-refractivity contribution is 9.10. The zero-order chi connectivity index (χ0) is 15.8. The van der Waals surface area contributed by atoms with Crippen LogP contribution in [0.4, 0.5) is 4.39 Å². The molecular weight excluding hydrogens is 343 g/mol. The Hall–Kier alpha value is -1.95. The maximum absolute atomic E-state index is 14.2. The van der Waals surface area contributed by atoms with Crippen LogP contribution in [0, 0.1) is 11.7 Å². The van der Waals surface area contributed by atoms with E-state index >= 15 is 0 Å². The van der Waals surface area contributed by atoms with E-state index in [1.54, 1.807) is 0 Å². The van der Waals surface area contributed by atoms with Crippen molar-refractivity contribution < 1.29 is 24.2 Å². The van der Waals surface area contributed by atoms with Gasteiger partial charge in [-0.15, -0.1) is 0 Å². The maximum Gasteiger partial charge on any atom is 0.331 e. The minimum absolute atomic E-state index is 0.0695. The predicted octanol–water partition coefficient (Wildman–Crippen LogP) is 3.13. The third-order valence-electron chi connectivity index (χ3n) is 3.76. The number of allylic oxidation sites excluding steroid dienone is 2. The molecule has 0 bridgehead atoms. The minimum atomic E-state index is -1.75. The monoisotopic (exact) mass is 354 g/mol. The molecule has 0 heterocycles. The third-order valence-corrected chi connectivity index (χ3v) is 4.25. The topological polar surface area (TPSA) is 74.6 Å². The van der Waals surface area contributed by atoms with Gasteiger partial charge >= 0.3 is 11.9 Å². The molecule has 1 aromatic rings. The summed E-state index contributed by atoms with van der Waals surface area (Å²) < 4.78 is 14.7. The van der Waals surface area contributed by atoms with E-state index in [1.807, 2.05) is 0 Å². The van der Waals surface area contributed by atoms with Crippen molar-refractivity contribution in [3.8, 4) is 0 Å². The van der Waals surface area contributed by atoms with Crippen molar-refractivity contribution in [1.82, 2.24) is 0 Å². The zero-order valence-electron chi connectivity index (χ0n) is 11.0. The molecule has 1 aromatic carbocycles. The fraction of sp³-hybridized carbons (Fsp3) is 0.200. The Morgan fingerprint density at radius 2 is 2.00 bits per heavy atom. The number of halogens is 2. The molecule has 0 aromatic heterocycles. The van der Waals surface area contributed by atoms with Crippen molar-refractivity contribution in [2.45, 2.75) is 12.3 Å². The molecule has 0 radical (unpaired) electrons. The maximum atomic E-state index is 14.2. The highest BCUT2D eigenvalue weighted by atomic mass is 79.9. The summed E-state index contributed by atoms with van der Waals surface area (Å²) in [6.07, 6.45) is 4.01. The van der Waals surface area contributed by atoms with Gasteiger partial charge in [0.2, 0.25) is 0 Å². The van der Waals surface area contributed by atoms with Crippen LogP contribution in [0.5, 0.6) is 0 Å². The summed E-state index contributed by atoms with van der Waals surface area (Å²) in [7, 11) is 0. The van der Waals surface area contributed by atoms with E-state index < -0.39 is 29.1 Å². The molecule has 0 saturated heterocycles. The molecule has 0 fully saturated rings. The second-order valence-electron chi connectivity index (χ2n) is 4.81. The molecule has 0 aliphatic heterocycles. The van der Waals surface area contributed by atoms with Crippen LogP contribution in [0.15, 0.2) is 46.5 Å². The number of carboxylic acid groups (broad SMARTS) is 2. The second kappa shape index (κ2) is 5.44. The first-order valence-corrected chi connectivity index (χ1v) is 6.91. The fourth-order valence-corrected chi connectivity index (χ4v) is 2.96. The molecule has 1 aliphatic carbocycles. The Bertz CT molecular complexity index is 680. The number of benzene rings is 1. The predicted molar refractivity (Wildman–Crippen MR) is 77.4 cm³/mol. The second-order valence-corrected chi connectivity index (χ2v) is 5.72. The van der Waals surface area contributed by atoms with Crippen LogP contribution in [0.3, 0.4) is 0 Å². The van der Waals surface area contributed by atoms with E-state index in [9.17, 15) is 24.2 Å². The van der Waals surface area contributed by atoms with Gasteiger partial charge in [0.15, 0.2) is 0 Å². The quantitative estimate of drug-likeness (QED) is 0.874. The summed E-state index contributed by atoms with van der Waals surface area (Å²) in [6, 6.07) is 3.98. The molecule has 2 unspecified atom stereocenters. The van der Waals surface area contributed by atoms with E-state index in [-0.39, 0.29) is 11.1 Å². The zero-order valence-corrected chi connectivity index (χ0v) is 12.6. The van der Waals surface area contributed by atoms with Crippen LogP contribution in [-0.4, -0.2) is 22.2 Å². The first kappa shape index (κ1) is 15.4. The third kappa shape index (κ3) is 2.40. The van der Waals surface area contributed by atoms with Gasteiger partial charge in [-0.1, -0.05) is 41.1 Å². The first-order valence-electron chi connectivity index (χ1n) is 6.12. The summed E-state index contributed by atoms with van der Waals surface area (Å²) in [4.78, 5) is 23.1. The summed E-state index contributed by atoms with van der Waals surface area (Å²) in [5, 5.41) is 18.9. The standard InChI is InChI=1S/C15H12BrFO4/c1-8-10(13(18)19)3-2-6-15(8,14(20)21)11-7-9(16)4-5-12(11)17/h2-8H,1H3,(H,18,19)(H,20,21).